The largest absolute Gasteiger partial charge is 0.478 e. The third kappa shape index (κ3) is 4.64. The quantitative estimate of drug-likeness (QED) is 0.233. The van der Waals surface area contributed by atoms with Crippen molar-refractivity contribution in [1.82, 2.24) is 5.32 Å². The van der Waals surface area contributed by atoms with Gasteiger partial charge >= 0.3 is 5.97 Å². The Morgan fingerprint density at radius 2 is 1.60 bits per heavy atom. The zero-order valence-electron chi connectivity index (χ0n) is 18.0. The number of hydrogen-bond acceptors (Lipinski definition) is 5. The highest BCUT2D eigenvalue weighted by molar-refractivity contribution is 7.21. The molecule has 0 saturated heterocycles. The molecule has 0 aliphatic rings. The fourth-order valence-corrected chi connectivity index (χ4v) is 6.12. The lowest BCUT2D eigenvalue weighted by atomic mass is 10.1. The molecule has 0 radical (unpaired) electrons. The number of benzene rings is 3. The Balaban J connectivity index is 1.37. The van der Waals surface area contributed by atoms with Crippen LogP contribution in [0.2, 0.25) is 5.02 Å². The summed E-state index contributed by atoms with van der Waals surface area (Å²) in [6.07, 6.45) is 0. The Morgan fingerprint density at radius 1 is 0.857 bits per heavy atom. The van der Waals surface area contributed by atoms with Crippen LogP contribution in [0.15, 0.2) is 72.8 Å². The molecule has 2 heterocycles. The molecule has 0 unspecified atom stereocenters. The van der Waals surface area contributed by atoms with E-state index in [0.717, 1.165) is 25.0 Å². The molecule has 5 aromatic rings. The molecule has 0 spiro atoms. The first-order chi connectivity index (χ1) is 16.9. The van der Waals surface area contributed by atoms with Gasteiger partial charge < -0.3 is 15.7 Å². The van der Waals surface area contributed by atoms with Gasteiger partial charge in [-0.15, -0.1) is 22.7 Å². The number of carboxylic acid groups (broad SMARTS) is 1. The zero-order chi connectivity index (χ0) is 24.5. The molecule has 9 heteroatoms. The minimum atomic E-state index is -1.22. The first kappa shape index (κ1) is 23.0. The lowest BCUT2D eigenvalue weighted by Crippen LogP contribution is -2.23. The average Bonchev–Trinajstić information content (AvgIpc) is 3.43. The van der Waals surface area contributed by atoms with Gasteiger partial charge in [0, 0.05) is 25.2 Å². The van der Waals surface area contributed by atoms with Crippen molar-refractivity contribution in [3.63, 3.8) is 0 Å². The van der Waals surface area contributed by atoms with Gasteiger partial charge in [-0.25, -0.2) is 4.79 Å². The van der Waals surface area contributed by atoms with E-state index in [9.17, 15) is 19.5 Å². The number of carboxylic acids is 1. The molecule has 0 fully saturated rings. The summed E-state index contributed by atoms with van der Waals surface area (Å²) in [5.74, 6) is -2.14. The van der Waals surface area contributed by atoms with Gasteiger partial charge in [-0.3, -0.25) is 9.59 Å². The van der Waals surface area contributed by atoms with Gasteiger partial charge in [0.1, 0.15) is 4.88 Å². The predicted molar refractivity (Wildman–Crippen MR) is 141 cm³/mol. The molecular weight excluding hydrogens is 504 g/mol. The molecule has 5 rings (SSSR count). The number of halogens is 1. The fourth-order valence-electron chi connectivity index (χ4n) is 3.71. The Hall–Kier alpha value is -3.72. The minimum Gasteiger partial charge on any atom is -0.478 e. The van der Waals surface area contributed by atoms with E-state index < -0.39 is 11.9 Å². The van der Waals surface area contributed by atoms with Crippen molar-refractivity contribution in [2.24, 2.45) is 0 Å². The first-order valence-corrected chi connectivity index (χ1v) is 12.5. The van der Waals surface area contributed by atoms with Gasteiger partial charge in [0.2, 0.25) is 0 Å². The Labute approximate surface area is 212 Å². The van der Waals surface area contributed by atoms with Crippen molar-refractivity contribution < 1.29 is 19.5 Å². The number of thiophene rings is 2. The average molecular weight is 521 g/mol. The van der Waals surface area contributed by atoms with Crippen molar-refractivity contribution in [3.8, 4) is 0 Å². The number of rotatable bonds is 6. The van der Waals surface area contributed by atoms with Crippen LogP contribution in [0.25, 0.3) is 20.2 Å². The van der Waals surface area contributed by atoms with E-state index in [1.807, 2.05) is 54.6 Å². The lowest BCUT2D eigenvalue weighted by molar-refractivity contribution is 0.0697. The van der Waals surface area contributed by atoms with Gasteiger partial charge in [0.15, 0.2) is 0 Å². The molecule has 174 valence electrons. The number of anilines is 1. The molecule has 3 aromatic carbocycles. The van der Waals surface area contributed by atoms with Gasteiger partial charge in [0.05, 0.1) is 22.8 Å². The summed E-state index contributed by atoms with van der Waals surface area (Å²) in [5.41, 5.74) is 0.121. The molecule has 3 N–H and O–H groups in total. The van der Waals surface area contributed by atoms with Gasteiger partial charge in [-0.1, -0.05) is 48.0 Å². The van der Waals surface area contributed by atoms with Crippen molar-refractivity contribution in [2.75, 3.05) is 5.32 Å². The second-order valence-electron chi connectivity index (χ2n) is 7.69. The van der Waals surface area contributed by atoms with Crippen LogP contribution in [-0.4, -0.2) is 22.9 Å². The summed E-state index contributed by atoms with van der Waals surface area (Å²) < 4.78 is 1.97. The normalized spacial score (nSPS) is 11.0. The maximum atomic E-state index is 13.0. The van der Waals surface area contributed by atoms with E-state index >= 15 is 0 Å². The second kappa shape index (κ2) is 9.50. The summed E-state index contributed by atoms with van der Waals surface area (Å²) in [6.45, 7) is 0.331. The molecule has 0 aliphatic heterocycles. The van der Waals surface area contributed by atoms with E-state index in [1.165, 1.54) is 29.5 Å². The zero-order valence-corrected chi connectivity index (χ0v) is 20.4. The fraction of sp³-hybridized carbons (Fsp3) is 0.0385. The highest BCUT2D eigenvalue weighted by Gasteiger charge is 2.21. The van der Waals surface area contributed by atoms with E-state index in [-0.39, 0.29) is 27.6 Å². The highest BCUT2D eigenvalue weighted by Crippen LogP contribution is 2.36. The molecule has 0 saturated carbocycles. The van der Waals surface area contributed by atoms with E-state index in [0.29, 0.717) is 11.6 Å². The van der Waals surface area contributed by atoms with E-state index in [4.69, 9.17) is 11.6 Å². The highest BCUT2D eigenvalue weighted by atomic mass is 35.5. The maximum Gasteiger partial charge on any atom is 0.337 e. The molecule has 0 aliphatic carbocycles. The van der Waals surface area contributed by atoms with Crippen LogP contribution in [-0.2, 0) is 6.54 Å². The summed E-state index contributed by atoms with van der Waals surface area (Å²) in [5, 5.41) is 17.2. The Bertz CT molecular complexity index is 1590. The molecule has 6 nitrogen and oxygen atoms in total. The van der Waals surface area contributed by atoms with Crippen LogP contribution < -0.4 is 10.6 Å². The molecule has 0 atom stereocenters. The number of aromatic carboxylic acids is 1. The molecular formula is C26H17ClN2O4S2. The topological polar surface area (TPSA) is 95.5 Å². The summed E-state index contributed by atoms with van der Waals surface area (Å²) in [6, 6.07) is 21.4. The molecule has 2 aromatic heterocycles. The van der Waals surface area contributed by atoms with Gasteiger partial charge in [0.25, 0.3) is 11.8 Å². The summed E-state index contributed by atoms with van der Waals surface area (Å²) in [4.78, 5) is 38.8. The number of fused-ring (bicyclic) bond motifs is 2. The van der Waals surface area contributed by atoms with E-state index in [1.54, 1.807) is 11.3 Å². The van der Waals surface area contributed by atoms with Crippen LogP contribution in [0.5, 0.6) is 0 Å². The first-order valence-electron chi connectivity index (χ1n) is 10.5. The van der Waals surface area contributed by atoms with Crippen LogP contribution in [0.4, 0.5) is 5.69 Å². The standard InChI is InChI=1S/C26H17ClN2O4S2/c27-22-18-6-2-4-8-21(18)35-23(22)25(31)29-19-12-15(9-10-17(19)26(32)33)24(30)28-13-16-11-14-5-1-3-7-20(14)34-16/h1-12H,13H2,(H,28,30)(H,29,31)(H,32,33). The molecule has 2 amide bonds. The van der Waals surface area contributed by atoms with Crippen LogP contribution in [0.1, 0.15) is 35.3 Å². The summed E-state index contributed by atoms with van der Waals surface area (Å²) >= 11 is 9.21. The Kier molecular flexibility index (Phi) is 6.25. The maximum absolute atomic E-state index is 13.0. The van der Waals surface area contributed by atoms with Crippen LogP contribution in [0, 0.1) is 0 Å². The third-order valence-electron chi connectivity index (χ3n) is 5.40. The van der Waals surface area contributed by atoms with Gasteiger partial charge in [-0.2, -0.15) is 0 Å². The van der Waals surface area contributed by atoms with Crippen LogP contribution >= 0.6 is 34.3 Å². The number of carbonyl (C=O) groups is 3. The van der Waals surface area contributed by atoms with Crippen molar-refractivity contribution in [1.29, 1.82) is 0 Å². The van der Waals surface area contributed by atoms with Crippen molar-refractivity contribution in [2.45, 2.75) is 6.54 Å². The monoisotopic (exact) mass is 520 g/mol. The predicted octanol–water partition coefficient (Wildman–Crippen LogP) is 6.65. The van der Waals surface area contributed by atoms with Crippen molar-refractivity contribution in [3.05, 3.63) is 98.7 Å². The number of nitrogens with one attached hydrogen (secondary N) is 2. The summed E-state index contributed by atoms with van der Waals surface area (Å²) in [7, 11) is 0. The van der Waals surface area contributed by atoms with E-state index in [2.05, 4.69) is 10.6 Å². The second-order valence-corrected chi connectivity index (χ2v) is 10.3. The SMILES string of the molecule is O=C(NCc1cc2ccccc2s1)c1ccc(C(=O)O)c(NC(=O)c2sc3ccccc3c2Cl)c1. The minimum absolute atomic E-state index is 0.0190. The third-order valence-corrected chi connectivity index (χ3v) is 8.19. The number of amides is 2. The Morgan fingerprint density at radius 3 is 2.34 bits per heavy atom. The van der Waals surface area contributed by atoms with Crippen molar-refractivity contribution >= 4 is 77.9 Å². The van der Waals surface area contributed by atoms with Crippen LogP contribution in [0.3, 0.4) is 0 Å². The number of carbonyl (C=O) groups excluding carboxylic acids is 2. The number of hydrogen-bond donors (Lipinski definition) is 3. The lowest BCUT2D eigenvalue weighted by Gasteiger charge is -2.11. The van der Waals surface area contributed by atoms with Gasteiger partial charge in [-0.05, 0) is 41.8 Å². The molecule has 0 bridgehead atoms. The molecule has 35 heavy (non-hydrogen) atoms. The smallest absolute Gasteiger partial charge is 0.337 e.